The quantitative estimate of drug-likeness (QED) is 0.438. The molecule has 3 aromatic rings. The number of nitrogens with one attached hydrogen (secondary N) is 1. The molecule has 2 aromatic carbocycles. The van der Waals surface area contributed by atoms with E-state index in [2.05, 4.69) is 15.0 Å². The Labute approximate surface area is 240 Å². The number of carbonyl (C=O) groups is 1. The molecule has 14 heteroatoms. The van der Waals surface area contributed by atoms with Crippen molar-refractivity contribution >= 4 is 35.1 Å². The lowest BCUT2D eigenvalue weighted by atomic mass is 9.79. The van der Waals surface area contributed by atoms with Gasteiger partial charge in [0.2, 0.25) is 5.91 Å². The zero-order valence-electron chi connectivity index (χ0n) is 23.9. The highest BCUT2D eigenvalue weighted by atomic mass is 19.4. The van der Waals surface area contributed by atoms with Gasteiger partial charge in [-0.2, -0.15) is 0 Å². The second kappa shape index (κ2) is 11.0. The van der Waals surface area contributed by atoms with Gasteiger partial charge in [-0.05, 0) is 70.4 Å². The number of fused-ring (bicyclic) bond motifs is 1. The lowest BCUT2D eigenvalue weighted by Crippen LogP contribution is -2.47. The van der Waals surface area contributed by atoms with Crippen molar-refractivity contribution in [2.75, 3.05) is 31.6 Å². The summed E-state index contributed by atoms with van der Waals surface area (Å²) < 4.78 is 62.3. The van der Waals surface area contributed by atoms with Crippen LogP contribution in [0.3, 0.4) is 0 Å². The third kappa shape index (κ3) is 6.02. The van der Waals surface area contributed by atoms with Crippen molar-refractivity contribution < 1.29 is 36.7 Å². The van der Waals surface area contributed by atoms with E-state index in [1.807, 2.05) is 32.6 Å². The molecule has 1 aromatic heterocycles. The number of hydrogen-bond acceptors (Lipinski definition) is 8. The van der Waals surface area contributed by atoms with Gasteiger partial charge in [0, 0.05) is 13.1 Å². The number of halogens is 3. The average molecular weight is 588 g/mol. The fourth-order valence-corrected chi connectivity index (χ4v) is 4.80. The number of carbonyl (C=O) groups excluding carboxylic acids is 1. The maximum absolute atomic E-state index is 13.5. The fourth-order valence-electron chi connectivity index (χ4n) is 4.80. The number of morpholine rings is 1. The lowest BCUT2D eigenvalue weighted by molar-refractivity contribution is -0.274. The molecule has 2 saturated heterocycles. The molecule has 10 nitrogen and oxygen atoms in total. The van der Waals surface area contributed by atoms with E-state index in [1.54, 1.807) is 25.1 Å². The number of hydrogen-bond donors (Lipinski definition) is 1. The van der Waals surface area contributed by atoms with Gasteiger partial charge in [-0.25, -0.2) is 4.98 Å². The first-order chi connectivity index (χ1) is 19.6. The lowest BCUT2D eigenvalue weighted by Gasteiger charge is -2.32. The Morgan fingerprint density at radius 1 is 1.07 bits per heavy atom. The number of benzene rings is 2. The van der Waals surface area contributed by atoms with Crippen molar-refractivity contribution in [1.82, 2.24) is 14.5 Å². The number of anilines is 1. The van der Waals surface area contributed by atoms with Gasteiger partial charge in [0.25, 0.3) is 5.56 Å². The van der Waals surface area contributed by atoms with E-state index in [1.165, 1.54) is 23.0 Å². The van der Waals surface area contributed by atoms with Crippen molar-refractivity contribution in [3.8, 4) is 11.4 Å². The molecule has 0 spiro atoms. The maximum Gasteiger partial charge on any atom is 0.573 e. The molecule has 2 aliphatic rings. The van der Waals surface area contributed by atoms with Crippen LogP contribution in [-0.2, 0) is 18.8 Å². The van der Waals surface area contributed by atoms with Gasteiger partial charge in [-0.15, -0.1) is 13.2 Å². The predicted molar refractivity (Wildman–Crippen MR) is 150 cm³/mol. The Morgan fingerprint density at radius 2 is 1.74 bits per heavy atom. The highest BCUT2D eigenvalue weighted by Crippen LogP contribution is 2.37. The first-order valence-corrected chi connectivity index (χ1v) is 13.5. The zero-order valence-corrected chi connectivity index (χ0v) is 23.9. The number of nitrogens with zero attached hydrogens (tertiary/aromatic N) is 3. The van der Waals surface area contributed by atoms with Crippen LogP contribution in [-0.4, -0.2) is 77.4 Å². The van der Waals surface area contributed by atoms with Gasteiger partial charge >= 0.3 is 13.5 Å². The molecule has 0 aliphatic carbocycles. The zero-order chi connectivity index (χ0) is 30.4. The first-order valence-electron chi connectivity index (χ1n) is 13.5. The second-order valence-electron chi connectivity index (χ2n) is 11.3. The molecular formula is C28H32BF3N4O6. The molecule has 0 saturated carbocycles. The highest BCUT2D eigenvalue weighted by molar-refractivity contribution is 6.62. The smallest absolute Gasteiger partial charge is 0.404 e. The van der Waals surface area contributed by atoms with E-state index >= 15 is 0 Å². The molecule has 0 bridgehead atoms. The number of amides is 1. The second-order valence-corrected chi connectivity index (χ2v) is 11.3. The molecule has 1 N–H and O–H groups in total. The molecule has 3 heterocycles. The molecule has 1 atom stereocenters. The van der Waals surface area contributed by atoms with E-state index in [0.717, 1.165) is 6.07 Å². The summed E-state index contributed by atoms with van der Waals surface area (Å²) in [5.74, 6) is -1.14. The molecule has 5 rings (SSSR count). The molecule has 1 amide bonds. The van der Waals surface area contributed by atoms with E-state index < -0.39 is 47.9 Å². The third-order valence-corrected chi connectivity index (χ3v) is 8.01. The number of alkyl halides is 3. The number of rotatable bonds is 6. The standard InChI is InChI=1S/C28H32BF3N4O6/c1-17(35-10-12-39-13-11-35)24(37)34-22-15-19(7-9-23(22)40-28(30,31)32)36-16-33-21-14-18(6-8-20(21)25(36)38)29-41-26(2,3)27(4,5)42-29/h6-9,14-17H,10-13H2,1-5H3,(H,34,37). The summed E-state index contributed by atoms with van der Waals surface area (Å²) in [5.41, 5.74) is -0.501. The van der Waals surface area contributed by atoms with Crippen molar-refractivity contribution in [2.24, 2.45) is 0 Å². The van der Waals surface area contributed by atoms with E-state index in [4.69, 9.17) is 14.0 Å². The van der Waals surface area contributed by atoms with Crippen molar-refractivity contribution in [2.45, 2.75) is 58.2 Å². The summed E-state index contributed by atoms with van der Waals surface area (Å²) in [6.45, 7) is 11.3. The SMILES string of the molecule is CC(C(=O)Nc1cc(-n2cnc3cc(B4OC(C)(C)C(C)(C)O4)ccc3c2=O)ccc1OC(F)(F)F)N1CCOCC1. The van der Waals surface area contributed by atoms with E-state index in [9.17, 15) is 22.8 Å². The summed E-state index contributed by atoms with van der Waals surface area (Å²) in [5, 5.41) is 2.82. The molecule has 2 fully saturated rings. The Hall–Kier alpha value is -3.46. The largest absolute Gasteiger partial charge is 0.573 e. The van der Waals surface area contributed by atoms with Gasteiger partial charge in [0.1, 0.15) is 6.33 Å². The van der Waals surface area contributed by atoms with Crippen molar-refractivity contribution in [3.63, 3.8) is 0 Å². The Kier molecular flexibility index (Phi) is 7.85. The first kappa shape index (κ1) is 30.0. The Bertz CT molecular complexity index is 1540. The van der Waals surface area contributed by atoms with E-state index in [-0.39, 0.29) is 16.8 Å². The molecule has 2 aliphatic heterocycles. The molecule has 1 unspecified atom stereocenters. The summed E-state index contributed by atoms with van der Waals surface area (Å²) in [4.78, 5) is 32.8. The number of aromatic nitrogens is 2. The average Bonchev–Trinajstić information content (AvgIpc) is 3.15. The minimum absolute atomic E-state index is 0.188. The van der Waals surface area contributed by atoms with E-state index in [0.29, 0.717) is 37.3 Å². The van der Waals surface area contributed by atoms with Crippen LogP contribution >= 0.6 is 0 Å². The predicted octanol–water partition coefficient (Wildman–Crippen LogP) is 3.24. The van der Waals surface area contributed by atoms with Gasteiger partial charge in [0.05, 0.1) is 52.7 Å². The minimum Gasteiger partial charge on any atom is -0.404 e. The highest BCUT2D eigenvalue weighted by Gasteiger charge is 2.51. The van der Waals surface area contributed by atoms with Crippen LogP contribution in [0, 0.1) is 0 Å². The molecular weight excluding hydrogens is 556 g/mol. The third-order valence-electron chi connectivity index (χ3n) is 8.01. The molecule has 0 radical (unpaired) electrons. The summed E-state index contributed by atoms with van der Waals surface area (Å²) in [7, 11) is -0.643. The van der Waals surface area contributed by atoms with Crippen LogP contribution in [0.4, 0.5) is 18.9 Å². The van der Waals surface area contributed by atoms with Crippen LogP contribution in [0.2, 0.25) is 0 Å². The van der Waals surface area contributed by atoms with Crippen LogP contribution in [0.25, 0.3) is 16.6 Å². The Morgan fingerprint density at radius 3 is 2.38 bits per heavy atom. The fraction of sp³-hybridized carbons (Fsp3) is 0.464. The molecule has 42 heavy (non-hydrogen) atoms. The summed E-state index contributed by atoms with van der Waals surface area (Å²) >= 11 is 0. The number of ether oxygens (including phenoxy) is 2. The van der Waals surface area contributed by atoms with Crippen LogP contribution < -0.4 is 21.1 Å². The maximum atomic E-state index is 13.5. The topological polar surface area (TPSA) is 104 Å². The van der Waals surface area contributed by atoms with Gasteiger partial charge < -0.3 is 24.1 Å². The van der Waals surface area contributed by atoms with Crippen LogP contribution in [0.1, 0.15) is 34.6 Å². The van der Waals surface area contributed by atoms with Crippen molar-refractivity contribution in [1.29, 1.82) is 0 Å². The normalized spacial score (nSPS) is 19.6. The molecule has 224 valence electrons. The Balaban J connectivity index is 1.46. The van der Waals surface area contributed by atoms with Gasteiger partial charge in [-0.3, -0.25) is 19.1 Å². The monoisotopic (exact) mass is 588 g/mol. The van der Waals surface area contributed by atoms with Gasteiger partial charge in [-0.1, -0.05) is 6.07 Å². The van der Waals surface area contributed by atoms with Gasteiger partial charge in [0.15, 0.2) is 5.75 Å². The summed E-state index contributed by atoms with van der Waals surface area (Å²) in [6, 6.07) is 7.98. The summed E-state index contributed by atoms with van der Waals surface area (Å²) in [6.07, 6.45) is -3.71. The van der Waals surface area contributed by atoms with Crippen LogP contribution in [0.5, 0.6) is 5.75 Å². The minimum atomic E-state index is -4.99. The van der Waals surface area contributed by atoms with Crippen LogP contribution in [0.15, 0.2) is 47.5 Å². The van der Waals surface area contributed by atoms with Crippen molar-refractivity contribution in [3.05, 3.63) is 53.1 Å².